The molecule has 1 aromatic carbocycles. The summed E-state index contributed by atoms with van der Waals surface area (Å²) in [6, 6.07) is 8.14. The molecule has 0 aliphatic carbocycles. The van der Waals surface area contributed by atoms with Gasteiger partial charge in [-0.3, -0.25) is 14.5 Å². The van der Waals surface area contributed by atoms with Crippen LogP contribution in [0.25, 0.3) is 0 Å². The first kappa shape index (κ1) is 19.8. The minimum Gasteiger partial charge on any atom is -0.497 e. The van der Waals surface area contributed by atoms with Crippen molar-refractivity contribution in [1.82, 2.24) is 19.6 Å². The van der Waals surface area contributed by atoms with Gasteiger partial charge in [-0.05, 0) is 44.9 Å². The van der Waals surface area contributed by atoms with Crippen LogP contribution in [0.2, 0.25) is 0 Å². The molecule has 2 saturated heterocycles. The van der Waals surface area contributed by atoms with Crippen molar-refractivity contribution in [1.29, 1.82) is 0 Å². The maximum absolute atomic E-state index is 12.4. The Hall–Kier alpha value is -2.54. The first-order valence-electron chi connectivity index (χ1n) is 10.4. The maximum atomic E-state index is 12.4. The lowest BCUT2D eigenvalue weighted by atomic mass is 10.1. The van der Waals surface area contributed by atoms with E-state index in [0.717, 1.165) is 44.0 Å². The number of methoxy groups -OCH3 is 1. The molecule has 2 aliphatic rings. The topological polar surface area (TPSA) is 59.8 Å². The van der Waals surface area contributed by atoms with Gasteiger partial charge in [-0.25, -0.2) is 4.79 Å². The van der Waals surface area contributed by atoms with E-state index in [0.29, 0.717) is 6.54 Å². The van der Waals surface area contributed by atoms with Crippen molar-refractivity contribution in [3.05, 3.63) is 46.8 Å². The quantitative estimate of drug-likeness (QED) is 0.718. The van der Waals surface area contributed by atoms with Crippen molar-refractivity contribution >= 4 is 6.09 Å². The van der Waals surface area contributed by atoms with E-state index in [1.807, 2.05) is 17.0 Å². The molecule has 2 fully saturated rings. The summed E-state index contributed by atoms with van der Waals surface area (Å²) in [5.41, 5.74) is 4.81. The van der Waals surface area contributed by atoms with Crippen LogP contribution in [0.4, 0.5) is 4.79 Å². The Bertz CT molecular complexity index is 877. The molecule has 1 amide bonds. The molecule has 0 N–H and O–H groups in total. The summed E-state index contributed by atoms with van der Waals surface area (Å²) < 4.78 is 13.0. The smallest absolute Gasteiger partial charge is 0.410 e. The molecule has 0 unspecified atom stereocenters. The lowest BCUT2D eigenvalue weighted by Gasteiger charge is -2.22. The van der Waals surface area contributed by atoms with Gasteiger partial charge >= 0.3 is 6.09 Å². The molecular formula is C22H30N4O3. The minimum atomic E-state index is -0.181. The van der Waals surface area contributed by atoms with E-state index in [1.54, 1.807) is 7.11 Å². The number of likely N-dealkylation sites (tertiary alicyclic amines) is 1. The van der Waals surface area contributed by atoms with Gasteiger partial charge in [0.15, 0.2) is 0 Å². The number of hydrogen-bond donors (Lipinski definition) is 0. The summed E-state index contributed by atoms with van der Waals surface area (Å²) in [7, 11) is 1.66. The van der Waals surface area contributed by atoms with Gasteiger partial charge in [-0.2, -0.15) is 5.10 Å². The van der Waals surface area contributed by atoms with E-state index in [2.05, 4.69) is 47.6 Å². The third-order valence-electron chi connectivity index (χ3n) is 6.21. The van der Waals surface area contributed by atoms with Crippen LogP contribution in [0.3, 0.4) is 0 Å². The van der Waals surface area contributed by atoms with Gasteiger partial charge in [0, 0.05) is 44.0 Å². The van der Waals surface area contributed by atoms with E-state index < -0.39 is 0 Å². The summed E-state index contributed by atoms with van der Waals surface area (Å²) in [5, 5.41) is 4.63. The van der Waals surface area contributed by atoms with Crippen molar-refractivity contribution < 1.29 is 14.3 Å². The fourth-order valence-corrected chi connectivity index (χ4v) is 4.50. The predicted octanol–water partition coefficient (Wildman–Crippen LogP) is 2.78. The van der Waals surface area contributed by atoms with Gasteiger partial charge < -0.3 is 9.47 Å². The molecule has 2 aromatic rings. The molecule has 7 heteroatoms. The summed E-state index contributed by atoms with van der Waals surface area (Å²) in [5.74, 6) is 0.845. The van der Waals surface area contributed by atoms with Crippen LogP contribution in [0, 0.1) is 13.8 Å². The molecule has 156 valence electrons. The van der Waals surface area contributed by atoms with E-state index in [-0.39, 0.29) is 18.2 Å². The number of aromatic nitrogens is 2. The van der Waals surface area contributed by atoms with E-state index in [9.17, 15) is 4.79 Å². The van der Waals surface area contributed by atoms with E-state index in [1.165, 1.54) is 16.8 Å². The van der Waals surface area contributed by atoms with E-state index in [4.69, 9.17) is 9.47 Å². The molecule has 0 radical (unpaired) electrons. The fourth-order valence-electron chi connectivity index (χ4n) is 4.50. The zero-order valence-electron chi connectivity index (χ0n) is 17.7. The molecule has 4 rings (SSSR count). The fraction of sp³-hybridized carbons (Fsp3) is 0.545. The van der Waals surface area contributed by atoms with Crippen molar-refractivity contribution in [3.63, 3.8) is 0 Å². The first-order chi connectivity index (χ1) is 14.0. The number of amides is 1. The van der Waals surface area contributed by atoms with Gasteiger partial charge in [0.1, 0.15) is 11.9 Å². The molecule has 0 saturated carbocycles. The molecule has 1 aromatic heterocycles. The zero-order valence-corrected chi connectivity index (χ0v) is 17.7. The van der Waals surface area contributed by atoms with Crippen LogP contribution in [0.15, 0.2) is 24.3 Å². The Morgan fingerprint density at radius 1 is 1.21 bits per heavy atom. The lowest BCUT2D eigenvalue weighted by Crippen LogP contribution is -2.39. The summed E-state index contributed by atoms with van der Waals surface area (Å²) >= 11 is 0. The molecular weight excluding hydrogens is 368 g/mol. The van der Waals surface area contributed by atoms with Gasteiger partial charge in [0.05, 0.1) is 18.8 Å². The molecule has 0 bridgehead atoms. The Labute approximate surface area is 172 Å². The third kappa shape index (κ3) is 3.83. The predicted molar refractivity (Wildman–Crippen MR) is 110 cm³/mol. The molecule has 2 aliphatic heterocycles. The minimum absolute atomic E-state index is 0.0415. The summed E-state index contributed by atoms with van der Waals surface area (Å²) in [4.78, 5) is 16.7. The number of rotatable bonds is 7. The van der Waals surface area contributed by atoms with Crippen molar-refractivity contribution in [3.8, 4) is 5.75 Å². The van der Waals surface area contributed by atoms with Crippen molar-refractivity contribution in [2.45, 2.75) is 52.4 Å². The normalized spacial score (nSPS) is 21.5. The molecule has 0 spiro atoms. The monoisotopic (exact) mass is 398 g/mol. The van der Waals surface area contributed by atoms with Crippen molar-refractivity contribution in [2.75, 3.05) is 26.7 Å². The lowest BCUT2D eigenvalue weighted by molar-refractivity contribution is 0.120. The Morgan fingerprint density at radius 3 is 2.62 bits per heavy atom. The number of fused-ring (bicyclic) bond motifs is 1. The average molecular weight is 399 g/mol. The highest BCUT2D eigenvalue weighted by Crippen LogP contribution is 2.29. The highest BCUT2D eigenvalue weighted by molar-refractivity contribution is 5.71. The number of ether oxygens (including phenoxy) is 2. The maximum Gasteiger partial charge on any atom is 0.410 e. The van der Waals surface area contributed by atoms with Gasteiger partial charge in [0.25, 0.3) is 0 Å². The van der Waals surface area contributed by atoms with Gasteiger partial charge in [0.2, 0.25) is 0 Å². The summed E-state index contributed by atoms with van der Waals surface area (Å²) in [6.45, 7) is 10.4. The second-order valence-electron chi connectivity index (χ2n) is 7.94. The number of nitrogens with zero attached hydrogens (tertiary/aromatic N) is 4. The Balaban J connectivity index is 1.38. The molecule has 2 atom stereocenters. The largest absolute Gasteiger partial charge is 0.497 e. The van der Waals surface area contributed by atoms with Crippen LogP contribution < -0.4 is 4.74 Å². The SMILES string of the molecule is CCn1nc(C)c(CN2C[C@@H]3OC(=O)N(CCc4ccc(OC)cc4)[C@@H]3C2)c1C. The summed E-state index contributed by atoms with van der Waals surface area (Å²) in [6.07, 6.45) is 0.587. The third-order valence-corrected chi connectivity index (χ3v) is 6.21. The van der Waals surface area contributed by atoms with Crippen LogP contribution in [-0.4, -0.2) is 64.6 Å². The highest BCUT2D eigenvalue weighted by atomic mass is 16.6. The number of aryl methyl sites for hydroxylation is 2. The standard InChI is InChI=1S/C22H30N4O3/c1-5-26-16(3)19(15(2)23-26)12-24-13-20-21(14-24)29-22(27)25(20)11-10-17-6-8-18(28-4)9-7-17/h6-9,20-21H,5,10-14H2,1-4H3/t20-,21+/m1/s1. The van der Waals surface area contributed by atoms with Gasteiger partial charge in [-0.1, -0.05) is 12.1 Å². The van der Waals surface area contributed by atoms with E-state index >= 15 is 0 Å². The van der Waals surface area contributed by atoms with Crippen LogP contribution >= 0.6 is 0 Å². The average Bonchev–Trinajstić information content (AvgIpc) is 3.33. The number of hydrogen-bond acceptors (Lipinski definition) is 5. The van der Waals surface area contributed by atoms with Gasteiger partial charge in [-0.15, -0.1) is 0 Å². The molecule has 3 heterocycles. The second-order valence-corrected chi connectivity index (χ2v) is 7.94. The van der Waals surface area contributed by atoms with Crippen LogP contribution in [0.5, 0.6) is 5.75 Å². The number of carbonyl (C=O) groups is 1. The molecule has 7 nitrogen and oxygen atoms in total. The van der Waals surface area contributed by atoms with Crippen LogP contribution in [0.1, 0.15) is 29.4 Å². The highest BCUT2D eigenvalue weighted by Gasteiger charge is 2.47. The van der Waals surface area contributed by atoms with Crippen molar-refractivity contribution in [2.24, 2.45) is 0 Å². The first-order valence-corrected chi connectivity index (χ1v) is 10.4. The molecule has 29 heavy (non-hydrogen) atoms. The Kier molecular flexibility index (Phi) is 5.50. The number of benzene rings is 1. The second kappa shape index (κ2) is 8.06. The Morgan fingerprint density at radius 2 is 1.97 bits per heavy atom. The number of carbonyl (C=O) groups excluding carboxylic acids is 1. The zero-order chi connectivity index (χ0) is 20.5. The van der Waals surface area contributed by atoms with Crippen LogP contribution in [-0.2, 0) is 24.2 Å².